The van der Waals surface area contributed by atoms with Crippen LogP contribution in [0.5, 0.6) is 0 Å². The summed E-state index contributed by atoms with van der Waals surface area (Å²) in [4.78, 5) is 0. The lowest BCUT2D eigenvalue weighted by Gasteiger charge is -2.06. The van der Waals surface area contributed by atoms with Gasteiger partial charge in [0.15, 0.2) is 5.82 Å². The summed E-state index contributed by atoms with van der Waals surface area (Å²) in [6, 6.07) is 15.7. The van der Waals surface area contributed by atoms with E-state index in [0.717, 1.165) is 17.7 Å². The molecule has 0 saturated carbocycles. The van der Waals surface area contributed by atoms with Crippen molar-refractivity contribution < 1.29 is 0 Å². The molecule has 0 aliphatic carbocycles. The molecule has 5 heteroatoms. The Kier molecular flexibility index (Phi) is 3.16. The third-order valence-corrected chi connectivity index (χ3v) is 3.20. The quantitative estimate of drug-likeness (QED) is 0.739. The molecule has 2 N–H and O–H groups in total. The second-order valence-corrected chi connectivity index (χ2v) is 4.56. The molecule has 3 rings (SSSR count). The Morgan fingerprint density at radius 3 is 2.60 bits per heavy atom. The molecule has 0 aliphatic heterocycles. The van der Waals surface area contributed by atoms with Gasteiger partial charge in [-0.05, 0) is 46.7 Å². The highest BCUT2D eigenvalue weighted by Crippen LogP contribution is 2.21. The number of nitrogen functional groups attached to an aromatic ring is 1. The second kappa shape index (κ2) is 5.13. The summed E-state index contributed by atoms with van der Waals surface area (Å²) in [6.45, 7) is 2.13. The van der Waals surface area contributed by atoms with E-state index in [1.54, 1.807) is 4.68 Å². The van der Waals surface area contributed by atoms with Crippen LogP contribution in [-0.2, 0) is 6.42 Å². The number of benzene rings is 2. The van der Waals surface area contributed by atoms with E-state index in [9.17, 15) is 0 Å². The predicted molar refractivity (Wildman–Crippen MR) is 78.4 cm³/mol. The summed E-state index contributed by atoms with van der Waals surface area (Å²) in [5, 5.41) is 11.9. The van der Waals surface area contributed by atoms with Crippen molar-refractivity contribution >= 4 is 5.69 Å². The van der Waals surface area contributed by atoms with Gasteiger partial charge in [-0.1, -0.05) is 31.2 Å². The maximum atomic E-state index is 5.81. The molecule has 0 aliphatic rings. The highest BCUT2D eigenvalue weighted by Gasteiger charge is 2.10. The van der Waals surface area contributed by atoms with Gasteiger partial charge in [0.2, 0.25) is 0 Å². The van der Waals surface area contributed by atoms with Crippen LogP contribution in [0.4, 0.5) is 5.69 Å². The highest BCUT2D eigenvalue weighted by atomic mass is 15.5. The Hall–Kier alpha value is -2.69. The normalized spacial score (nSPS) is 10.7. The number of hydrogen-bond acceptors (Lipinski definition) is 4. The minimum atomic E-state index is 0.682. The molecule has 20 heavy (non-hydrogen) atoms. The molecule has 1 aromatic heterocycles. The number of nitrogens with two attached hydrogens (primary N) is 1. The molecule has 2 aromatic carbocycles. The maximum absolute atomic E-state index is 5.81. The first-order valence-corrected chi connectivity index (χ1v) is 6.51. The first kappa shape index (κ1) is 12.3. The van der Waals surface area contributed by atoms with Crippen molar-refractivity contribution in [2.24, 2.45) is 0 Å². The zero-order chi connectivity index (χ0) is 13.9. The Balaban J connectivity index is 2.05. The lowest BCUT2D eigenvalue weighted by molar-refractivity contribution is 0.791. The van der Waals surface area contributed by atoms with E-state index in [1.165, 1.54) is 5.56 Å². The molecule has 3 aromatic rings. The van der Waals surface area contributed by atoms with Crippen molar-refractivity contribution in [3.63, 3.8) is 0 Å². The Bertz CT molecular complexity index is 715. The summed E-state index contributed by atoms with van der Waals surface area (Å²) >= 11 is 0. The minimum absolute atomic E-state index is 0.682. The zero-order valence-corrected chi connectivity index (χ0v) is 11.2. The van der Waals surface area contributed by atoms with Crippen LogP contribution < -0.4 is 5.73 Å². The van der Waals surface area contributed by atoms with Crippen LogP contribution in [-0.4, -0.2) is 20.2 Å². The number of aromatic nitrogens is 4. The number of rotatable bonds is 3. The molecule has 5 nitrogen and oxygen atoms in total. The number of nitrogens with zero attached hydrogens (tertiary/aromatic N) is 4. The number of anilines is 1. The molecule has 100 valence electrons. The Morgan fingerprint density at radius 1 is 1.10 bits per heavy atom. The molecule has 0 fully saturated rings. The molecule has 0 atom stereocenters. The van der Waals surface area contributed by atoms with Gasteiger partial charge >= 0.3 is 0 Å². The number of aryl methyl sites for hydroxylation is 1. The molecule has 0 bridgehead atoms. The average Bonchev–Trinajstić information content (AvgIpc) is 2.97. The summed E-state index contributed by atoms with van der Waals surface area (Å²) < 4.78 is 1.72. The van der Waals surface area contributed by atoms with Gasteiger partial charge in [-0.3, -0.25) is 0 Å². The second-order valence-electron chi connectivity index (χ2n) is 4.56. The summed E-state index contributed by atoms with van der Waals surface area (Å²) in [6.07, 6.45) is 1.01. The van der Waals surface area contributed by atoms with Gasteiger partial charge in [0.1, 0.15) is 0 Å². The number of tetrazole rings is 1. The predicted octanol–water partition coefficient (Wildman–Crippen LogP) is 2.47. The van der Waals surface area contributed by atoms with Crippen molar-refractivity contribution in [2.75, 3.05) is 5.73 Å². The first-order chi connectivity index (χ1) is 9.78. The van der Waals surface area contributed by atoms with Gasteiger partial charge < -0.3 is 5.73 Å². The standard InChI is InChI=1S/C15H15N5/c1-2-11-6-8-14(9-7-11)20-15(17-18-19-20)12-4-3-5-13(16)10-12/h3-10H,2,16H2,1H3. The van der Waals surface area contributed by atoms with Crippen molar-refractivity contribution in [2.45, 2.75) is 13.3 Å². The molecule has 0 saturated heterocycles. The monoisotopic (exact) mass is 265 g/mol. The van der Waals surface area contributed by atoms with Gasteiger partial charge in [0.25, 0.3) is 0 Å². The van der Waals surface area contributed by atoms with Crippen LogP contribution in [0.25, 0.3) is 17.1 Å². The average molecular weight is 265 g/mol. The maximum Gasteiger partial charge on any atom is 0.187 e. The summed E-state index contributed by atoms with van der Waals surface area (Å²) in [7, 11) is 0. The van der Waals surface area contributed by atoms with Crippen molar-refractivity contribution in [3.8, 4) is 17.1 Å². The smallest absolute Gasteiger partial charge is 0.187 e. The van der Waals surface area contributed by atoms with E-state index in [2.05, 4.69) is 34.6 Å². The third kappa shape index (κ3) is 2.25. The van der Waals surface area contributed by atoms with E-state index in [-0.39, 0.29) is 0 Å². The summed E-state index contributed by atoms with van der Waals surface area (Å²) in [5.41, 5.74) is 9.62. The fraction of sp³-hybridized carbons (Fsp3) is 0.133. The van der Waals surface area contributed by atoms with Crippen LogP contribution in [0.1, 0.15) is 12.5 Å². The molecule has 0 amide bonds. The molecular weight excluding hydrogens is 250 g/mol. The van der Waals surface area contributed by atoms with E-state index < -0.39 is 0 Å². The van der Waals surface area contributed by atoms with Crippen LogP contribution in [0, 0.1) is 0 Å². The molecule has 1 heterocycles. The van der Waals surface area contributed by atoms with Crippen LogP contribution in [0.3, 0.4) is 0 Å². The molecule has 0 unspecified atom stereocenters. The topological polar surface area (TPSA) is 69.6 Å². The number of hydrogen-bond donors (Lipinski definition) is 1. The zero-order valence-electron chi connectivity index (χ0n) is 11.2. The first-order valence-electron chi connectivity index (χ1n) is 6.51. The largest absolute Gasteiger partial charge is 0.399 e. The fourth-order valence-electron chi connectivity index (χ4n) is 2.09. The highest BCUT2D eigenvalue weighted by molar-refractivity contribution is 5.62. The van der Waals surface area contributed by atoms with Crippen LogP contribution in [0.2, 0.25) is 0 Å². The van der Waals surface area contributed by atoms with Gasteiger partial charge in [-0.25, -0.2) is 0 Å². The lowest BCUT2D eigenvalue weighted by Crippen LogP contribution is -2.00. The van der Waals surface area contributed by atoms with E-state index >= 15 is 0 Å². The van der Waals surface area contributed by atoms with E-state index in [4.69, 9.17) is 5.73 Å². The molecule has 0 spiro atoms. The molecular formula is C15H15N5. The Morgan fingerprint density at radius 2 is 1.90 bits per heavy atom. The van der Waals surface area contributed by atoms with Crippen LogP contribution in [0.15, 0.2) is 48.5 Å². The van der Waals surface area contributed by atoms with Gasteiger partial charge in [-0.2, -0.15) is 4.68 Å². The van der Waals surface area contributed by atoms with Crippen LogP contribution >= 0.6 is 0 Å². The fourth-order valence-corrected chi connectivity index (χ4v) is 2.09. The van der Waals surface area contributed by atoms with Crippen molar-refractivity contribution in [3.05, 3.63) is 54.1 Å². The third-order valence-electron chi connectivity index (χ3n) is 3.20. The van der Waals surface area contributed by atoms with Gasteiger partial charge in [-0.15, -0.1) is 5.10 Å². The van der Waals surface area contributed by atoms with E-state index in [1.807, 2.05) is 36.4 Å². The lowest BCUT2D eigenvalue weighted by atomic mass is 10.1. The molecule has 0 radical (unpaired) electrons. The van der Waals surface area contributed by atoms with Gasteiger partial charge in [0, 0.05) is 11.3 Å². The summed E-state index contributed by atoms with van der Waals surface area (Å²) in [5.74, 6) is 0.682. The van der Waals surface area contributed by atoms with E-state index in [0.29, 0.717) is 11.5 Å². The van der Waals surface area contributed by atoms with Crippen molar-refractivity contribution in [1.82, 2.24) is 20.2 Å². The Labute approximate surface area is 117 Å². The SMILES string of the molecule is CCc1ccc(-n2nnnc2-c2cccc(N)c2)cc1. The minimum Gasteiger partial charge on any atom is -0.399 e. The van der Waals surface area contributed by atoms with Gasteiger partial charge in [0.05, 0.1) is 5.69 Å². The van der Waals surface area contributed by atoms with Crippen molar-refractivity contribution in [1.29, 1.82) is 0 Å².